The summed E-state index contributed by atoms with van der Waals surface area (Å²) >= 11 is 0. The monoisotopic (exact) mass is 238 g/mol. The van der Waals surface area contributed by atoms with Crippen LogP contribution in [0.5, 0.6) is 0 Å². The third-order valence-corrected chi connectivity index (χ3v) is 2.62. The molecule has 0 saturated heterocycles. The average Bonchev–Trinajstić information content (AvgIpc) is 2.39. The van der Waals surface area contributed by atoms with Crippen molar-refractivity contribution in [3.63, 3.8) is 0 Å². The molecule has 0 atom stereocenters. The van der Waals surface area contributed by atoms with Crippen molar-refractivity contribution in [3.8, 4) is 23.7 Å². The van der Waals surface area contributed by atoms with Gasteiger partial charge in [-0.3, -0.25) is 0 Å². The van der Waals surface area contributed by atoms with E-state index in [1.807, 2.05) is 43.4 Å². The summed E-state index contributed by atoms with van der Waals surface area (Å²) in [5.41, 5.74) is 3.82. The predicted molar refractivity (Wildman–Crippen MR) is 73.0 cm³/mol. The molecule has 0 unspecified atom stereocenters. The highest BCUT2D eigenvalue weighted by Crippen LogP contribution is 2.20. The summed E-state index contributed by atoms with van der Waals surface area (Å²) in [5.74, 6) is -0.506. The van der Waals surface area contributed by atoms with Gasteiger partial charge in [-0.15, -0.1) is 0 Å². The molecule has 0 aliphatic carbocycles. The lowest BCUT2D eigenvalue weighted by molar-refractivity contribution is 0.0691. The summed E-state index contributed by atoms with van der Waals surface area (Å²) in [6, 6.07) is 15.3. The van der Waals surface area contributed by atoms with Crippen LogP contribution in [0.15, 0.2) is 48.5 Å². The third kappa shape index (κ3) is 2.58. The van der Waals surface area contributed by atoms with E-state index in [0.29, 0.717) is 5.56 Å². The number of carbonyl (C=O) groups is 1. The molecule has 0 heterocycles. The number of carbonyl (C=O) groups excluding carboxylic acids is 1. The number of ether oxygens (including phenoxy) is 1. The van der Waals surface area contributed by atoms with E-state index in [1.165, 1.54) is 5.56 Å². The van der Waals surface area contributed by atoms with Crippen LogP contribution in [-0.2, 0) is 4.74 Å². The van der Waals surface area contributed by atoms with E-state index in [1.54, 1.807) is 12.1 Å². The van der Waals surface area contributed by atoms with Crippen molar-refractivity contribution in [2.24, 2.45) is 0 Å². The van der Waals surface area contributed by atoms with Gasteiger partial charge < -0.3 is 4.74 Å². The van der Waals surface area contributed by atoms with Gasteiger partial charge in [-0.25, -0.2) is 4.79 Å². The van der Waals surface area contributed by atoms with Gasteiger partial charge in [0.15, 0.2) is 0 Å². The Hall–Kier alpha value is -2.53. The minimum absolute atomic E-state index is 0. The Balaban J connectivity index is 0.00000180. The Labute approximate surface area is 108 Å². The van der Waals surface area contributed by atoms with Gasteiger partial charge in [0.05, 0.1) is 5.56 Å². The van der Waals surface area contributed by atoms with Crippen LogP contribution in [0.1, 0.15) is 17.3 Å². The zero-order valence-electron chi connectivity index (χ0n) is 10.0. The molecular weight excluding hydrogens is 224 g/mol. The molecule has 0 saturated carbocycles. The number of terminal acetylenes is 1. The van der Waals surface area contributed by atoms with E-state index in [4.69, 9.17) is 6.42 Å². The fourth-order valence-electron chi connectivity index (χ4n) is 1.74. The van der Waals surface area contributed by atoms with E-state index >= 15 is 0 Å². The molecule has 0 aliphatic rings. The van der Waals surface area contributed by atoms with Crippen molar-refractivity contribution >= 4 is 5.97 Å². The maximum Gasteiger partial charge on any atom is 0.352 e. The molecule has 2 heteroatoms. The molecule has 2 nitrogen and oxygen atoms in total. The number of benzene rings is 2. The predicted octanol–water partition coefficient (Wildman–Crippen LogP) is 3.66. The Bertz CT molecular complexity index is 609. The van der Waals surface area contributed by atoms with Crippen molar-refractivity contribution in [3.05, 3.63) is 59.7 Å². The van der Waals surface area contributed by atoms with Crippen molar-refractivity contribution in [1.29, 1.82) is 0 Å². The summed E-state index contributed by atoms with van der Waals surface area (Å²) < 4.78 is 4.48. The first-order valence-corrected chi connectivity index (χ1v) is 5.54. The smallest absolute Gasteiger partial charge is 0.352 e. The van der Waals surface area contributed by atoms with Crippen molar-refractivity contribution in [1.82, 2.24) is 0 Å². The second kappa shape index (κ2) is 5.20. The fourth-order valence-corrected chi connectivity index (χ4v) is 1.74. The van der Waals surface area contributed by atoms with Crippen molar-refractivity contribution < 1.29 is 11.0 Å². The number of esters is 1. The van der Waals surface area contributed by atoms with Gasteiger partial charge >= 0.3 is 5.97 Å². The first kappa shape index (κ1) is 11.9. The Morgan fingerprint density at radius 1 is 1.17 bits per heavy atom. The maximum absolute atomic E-state index is 11.4. The second-order valence-electron chi connectivity index (χ2n) is 3.95. The van der Waals surface area contributed by atoms with E-state index < -0.39 is 5.97 Å². The van der Waals surface area contributed by atoms with Crippen LogP contribution in [0.2, 0.25) is 0 Å². The summed E-state index contributed by atoms with van der Waals surface area (Å²) in [7, 11) is 0. The highest BCUT2D eigenvalue weighted by atomic mass is 16.5. The highest BCUT2D eigenvalue weighted by molar-refractivity contribution is 5.90. The van der Waals surface area contributed by atoms with E-state index in [0.717, 1.165) is 11.1 Å². The first-order chi connectivity index (χ1) is 8.70. The molecule has 2 aromatic rings. The SMILES string of the molecule is C#COC(=O)c1ccc(-c2cccc(C)c2)cc1.[HH]. The maximum atomic E-state index is 11.4. The number of hydrogen-bond acceptors (Lipinski definition) is 2. The molecule has 0 N–H and O–H groups in total. The van der Waals surface area contributed by atoms with Crippen LogP contribution >= 0.6 is 0 Å². The second-order valence-corrected chi connectivity index (χ2v) is 3.95. The third-order valence-electron chi connectivity index (χ3n) is 2.62. The van der Waals surface area contributed by atoms with Crippen LogP contribution in [0, 0.1) is 19.5 Å². The molecule has 0 aliphatic heterocycles. The average molecular weight is 238 g/mol. The topological polar surface area (TPSA) is 26.3 Å². The van der Waals surface area contributed by atoms with Crippen molar-refractivity contribution in [2.45, 2.75) is 6.92 Å². The van der Waals surface area contributed by atoms with E-state index in [-0.39, 0.29) is 1.43 Å². The molecule has 0 fully saturated rings. The van der Waals surface area contributed by atoms with Crippen LogP contribution < -0.4 is 0 Å². The van der Waals surface area contributed by atoms with Gasteiger partial charge in [0, 0.05) is 1.43 Å². The molecule has 2 rings (SSSR count). The number of rotatable bonds is 2. The zero-order chi connectivity index (χ0) is 13.0. The molecule has 0 spiro atoms. The van der Waals surface area contributed by atoms with Gasteiger partial charge in [0.25, 0.3) is 0 Å². The fraction of sp³-hybridized carbons (Fsp3) is 0.0625. The van der Waals surface area contributed by atoms with Gasteiger partial charge in [0.1, 0.15) is 6.11 Å². The molecule has 0 aromatic heterocycles. The Morgan fingerprint density at radius 3 is 2.50 bits per heavy atom. The lowest BCUT2D eigenvalue weighted by atomic mass is 10.0. The summed E-state index contributed by atoms with van der Waals surface area (Å²) in [5, 5.41) is 0. The summed E-state index contributed by atoms with van der Waals surface area (Å²) in [4.78, 5) is 11.4. The Morgan fingerprint density at radius 2 is 1.89 bits per heavy atom. The number of aryl methyl sites for hydroxylation is 1. The minimum Gasteiger partial charge on any atom is -0.369 e. The number of hydrogen-bond donors (Lipinski definition) is 0. The first-order valence-electron chi connectivity index (χ1n) is 5.54. The summed E-state index contributed by atoms with van der Waals surface area (Å²) in [6.45, 7) is 2.04. The summed E-state index contributed by atoms with van der Waals surface area (Å²) in [6.07, 6.45) is 6.78. The van der Waals surface area contributed by atoms with Crippen molar-refractivity contribution in [2.75, 3.05) is 0 Å². The normalized spacial score (nSPS) is 9.56. The van der Waals surface area contributed by atoms with Gasteiger partial charge in [0.2, 0.25) is 0 Å². The lowest BCUT2D eigenvalue weighted by Gasteiger charge is -2.04. The lowest BCUT2D eigenvalue weighted by Crippen LogP contribution is -1.99. The van der Waals surface area contributed by atoms with Gasteiger partial charge in [-0.2, -0.15) is 0 Å². The molecular formula is C16H14O2. The van der Waals surface area contributed by atoms with E-state index in [9.17, 15) is 4.79 Å². The van der Waals surface area contributed by atoms with Crippen LogP contribution in [0.4, 0.5) is 0 Å². The molecule has 18 heavy (non-hydrogen) atoms. The van der Waals surface area contributed by atoms with Crippen LogP contribution in [0.25, 0.3) is 11.1 Å². The van der Waals surface area contributed by atoms with Crippen LogP contribution in [0.3, 0.4) is 0 Å². The quantitative estimate of drug-likeness (QED) is 0.589. The molecule has 0 radical (unpaired) electrons. The molecule has 2 aromatic carbocycles. The van der Waals surface area contributed by atoms with Gasteiger partial charge in [-0.05, 0) is 30.2 Å². The highest BCUT2D eigenvalue weighted by Gasteiger charge is 2.06. The largest absolute Gasteiger partial charge is 0.369 e. The van der Waals surface area contributed by atoms with Crippen LogP contribution in [-0.4, -0.2) is 5.97 Å². The Kier molecular flexibility index (Phi) is 3.45. The molecule has 90 valence electrons. The van der Waals surface area contributed by atoms with E-state index in [2.05, 4.69) is 10.8 Å². The molecule has 0 amide bonds. The standard InChI is InChI=1S/C16H12O2.H2/c1-3-18-16(17)14-9-7-13(8-10-14)15-6-4-5-12(2)11-15;/h1,4-11H,2H3;1H. The molecule has 0 bridgehead atoms. The van der Waals surface area contributed by atoms with Gasteiger partial charge in [-0.1, -0.05) is 48.4 Å². The zero-order valence-corrected chi connectivity index (χ0v) is 10.0. The minimum atomic E-state index is -0.506.